The van der Waals surface area contributed by atoms with Crippen LogP contribution in [0.25, 0.3) is 22.0 Å². The van der Waals surface area contributed by atoms with Gasteiger partial charge in [0.2, 0.25) is 5.95 Å². The highest BCUT2D eigenvalue weighted by atomic mass is 16.6. The second-order valence-electron chi connectivity index (χ2n) is 10.4. The molecule has 6 heteroatoms. The quantitative estimate of drug-likeness (QED) is 0.345. The van der Waals surface area contributed by atoms with E-state index in [1.165, 1.54) is 56.3 Å². The Labute approximate surface area is 217 Å². The summed E-state index contributed by atoms with van der Waals surface area (Å²) >= 11 is 0. The normalized spacial score (nSPS) is 19.4. The van der Waals surface area contributed by atoms with Crippen molar-refractivity contribution < 1.29 is 9.47 Å². The Morgan fingerprint density at radius 3 is 2.57 bits per heavy atom. The Bertz CT molecular complexity index is 1450. The van der Waals surface area contributed by atoms with Crippen LogP contribution >= 0.6 is 0 Å². The number of anilines is 2. The van der Waals surface area contributed by atoms with E-state index in [1.54, 1.807) is 0 Å². The summed E-state index contributed by atoms with van der Waals surface area (Å²) in [5, 5.41) is 4.49. The Balaban J connectivity index is 1.15. The van der Waals surface area contributed by atoms with Gasteiger partial charge in [0, 0.05) is 28.9 Å². The molecule has 2 aliphatic heterocycles. The number of nitrogens with one attached hydrogen (secondary N) is 1. The largest absolute Gasteiger partial charge is 0.486 e. The molecule has 37 heavy (non-hydrogen) atoms. The van der Waals surface area contributed by atoms with Gasteiger partial charge in [0.15, 0.2) is 11.5 Å². The minimum absolute atomic E-state index is 0.571. The SMILES string of the molecule is c1cc(-c2ccc3c(c2)OCCO3)c2nc(Nc3ccc4c(c3)CC[C@@H](N3CCCC3)CC4)ncc2c1. The number of ether oxygens (including phenoxy) is 2. The zero-order valence-electron chi connectivity index (χ0n) is 21.1. The summed E-state index contributed by atoms with van der Waals surface area (Å²) in [6, 6.07) is 19.8. The van der Waals surface area contributed by atoms with E-state index in [0.717, 1.165) is 51.7 Å². The van der Waals surface area contributed by atoms with Crippen molar-refractivity contribution in [3.63, 3.8) is 0 Å². The summed E-state index contributed by atoms with van der Waals surface area (Å²) in [5.41, 5.74) is 7.03. The zero-order chi connectivity index (χ0) is 24.6. The van der Waals surface area contributed by atoms with Gasteiger partial charge in [-0.05, 0) is 92.6 Å². The average Bonchev–Trinajstić information content (AvgIpc) is 3.40. The summed E-state index contributed by atoms with van der Waals surface area (Å²) in [6.45, 7) is 3.72. The molecule has 0 spiro atoms. The molecule has 1 aromatic heterocycles. The average molecular weight is 493 g/mol. The van der Waals surface area contributed by atoms with E-state index in [1.807, 2.05) is 24.4 Å². The van der Waals surface area contributed by atoms with Gasteiger partial charge in [-0.3, -0.25) is 0 Å². The highest BCUT2D eigenvalue weighted by molar-refractivity contribution is 5.94. The van der Waals surface area contributed by atoms with Gasteiger partial charge in [-0.25, -0.2) is 9.97 Å². The second-order valence-corrected chi connectivity index (χ2v) is 10.4. The third-order valence-electron chi connectivity index (χ3n) is 8.08. The van der Waals surface area contributed by atoms with Crippen LogP contribution in [-0.2, 0) is 12.8 Å². The number of likely N-dealkylation sites (tertiary alicyclic amines) is 1. The Hall–Kier alpha value is -3.64. The lowest BCUT2D eigenvalue weighted by Gasteiger charge is -2.25. The maximum Gasteiger partial charge on any atom is 0.227 e. The van der Waals surface area contributed by atoms with Crippen LogP contribution in [-0.4, -0.2) is 47.2 Å². The van der Waals surface area contributed by atoms with Gasteiger partial charge in [-0.2, -0.15) is 0 Å². The first-order valence-corrected chi connectivity index (χ1v) is 13.6. The first-order valence-electron chi connectivity index (χ1n) is 13.6. The van der Waals surface area contributed by atoms with Crippen LogP contribution in [0.2, 0.25) is 0 Å². The number of hydrogen-bond donors (Lipinski definition) is 1. The molecule has 6 nitrogen and oxygen atoms in total. The fraction of sp³-hybridized carbons (Fsp3) is 0.355. The fourth-order valence-electron chi connectivity index (χ4n) is 6.13. The van der Waals surface area contributed by atoms with Gasteiger partial charge in [0.05, 0.1) is 5.52 Å². The van der Waals surface area contributed by atoms with E-state index in [4.69, 9.17) is 14.5 Å². The third-order valence-corrected chi connectivity index (χ3v) is 8.08. The highest BCUT2D eigenvalue weighted by Gasteiger charge is 2.24. The first-order chi connectivity index (χ1) is 18.3. The summed E-state index contributed by atoms with van der Waals surface area (Å²) in [4.78, 5) is 12.3. The molecular formula is C31H32N4O2. The summed E-state index contributed by atoms with van der Waals surface area (Å²) in [7, 11) is 0. The number of nitrogens with zero attached hydrogens (tertiary/aromatic N) is 3. The van der Waals surface area contributed by atoms with Gasteiger partial charge in [-0.15, -0.1) is 0 Å². The third kappa shape index (κ3) is 4.51. The topological polar surface area (TPSA) is 59.5 Å². The molecule has 3 heterocycles. The number of hydrogen-bond acceptors (Lipinski definition) is 6. The maximum absolute atomic E-state index is 5.82. The number of benzene rings is 3. The van der Waals surface area contributed by atoms with Crippen molar-refractivity contribution in [1.29, 1.82) is 0 Å². The second kappa shape index (κ2) is 9.67. The van der Waals surface area contributed by atoms with Crippen LogP contribution in [0, 0.1) is 0 Å². The van der Waals surface area contributed by atoms with Crippen LogP contribution in [0.3, 0.4) is 0 Å². The van der Waals surface area contributed by atoms with Gasteiger partial charge in [-0.1, -0.05) is 30.3 Å². The lowest BCUT2D eigenvalue weighted by Crippen LogP contribution is -2.32. The minimum atomic E-state index is 0.571. The molecule has 3 aromatic carbocycles. The van der Waals surface area contributed by atoms with Crippen LogP contribution in [0.1, 0.15) is 36.8 Å². The van der Waals surface area contributed by atoms with Crippen LogP contribution in [0.5, 0.6) is 11.5 Å². The molecular weight excluding hydrogens is 460 g/mol. The standard InChI is InChI=1S/C31H32N4O2/c1-2-15-35(14-1)26-11-7-21-6-10-25(18-22(21)8-12-26)33-31-32-20-24-4-3-5-27(30(24)34-31)23-9-13-28-29(19-23)37-17-16-36-28/h3-6,9-10,13,18-20,26H,1-2,7-8,11-12,14-17H2,(H,32,33,34)/t26-/m0/s1. The first kappa shape index (κ1) is 22.5. The molecule has 0 amide bonds. The molecule has 4 aromatic rings. The van der Waals surface area contributed by atoms with Gasteiger partial charge >= 0.3 is 0 Å². The molecule has 1 fully saturated rings. The van der Waals surface area contributed by atoms with Crippen molar-refractivity contribution in [2.75, 3.05) is 31.6 Å². The van der Waals surface area contributed by atoms with E-state index in [-0.39, 0.29) is 0 Å². The van der Waals surface area contributed by atoms with E-state index in [9.17, 15) is 0 Å². The molecule has 1 N–H and O–H groups in total. The molecule has 0 radical (unpaired) electrons. The Morgan fingerprint density at radius 2 is 1.68 bits per heavy atom. The van der Waals surface area contributed by atoms with E-state index in [2.05, 4.69) is 51.6 Å². The van der Waals surface area contributed by atoms with Gasteiger partial charge in [0.25, 0.3) is 0 Å². The molecule has 188 valence electrons. The van der Waals surface area contributed by atoms with Crippen molar-refractivity contribution >= 4 is 22.5 Å². The van der Waals surface area contributed by atoms with E-state index in [0.29, 0.717) is 19.2 Å². The lowest BCUT2D eigenvalue weighted by atomic mass is 10.0. The molecule has 1 saturated heterocycles. The van der Waals surface area contributed by atoms with Crippen LogP contribution in [0.4, 0.5) is 11.6 Å². The van der Waals surface area contributed by atoms with Crippen molar-refractivity contribution in [3.8, 4) is 22.6 Å². The zero-order valence-corrected chi connectivity index (χ0v) is 21.1. The lowest BCUT2D eigenvalue weighted by molar-refractivity contribution is 0.171. The maximum atomic E-state index is 5.82. The molecule has 3 aliphatic rings. The summed E-state index contributed by atoms with van der Waals surface area (Å²) in [5.74, 6) is 2.19. The van der Waals surface area contributed by atoms with Gasteiger partial charge < -0.3 is 19.7 Å². The van der Waals surface area contributed by atoms with Crippen molar-refractivity contribution in [2.45, 2.75) is 44.6 Å². The predicted octanol–water partition coefficient (Wildman–Crippen LogP) is 6.15. The van der Waals surface area contributed by atoms with Gasteiger partial charge in [0.1, 0.15) is 13.2 Å². The molecule has 0 bridgehead atoms. The molecule has 7 rings (SSSR count). The minimum Gasteiger partial charge on any atom is -0.486 e. The monoisotopic (exact) mass is 492 g/mol. The Morgan fingerprint density at radius 1 is 0.838 bits per heavy atom. The molecule has 0 saturated carbocycles. The van der Waals surface area contributed by atoms with Crippen LogP contribution < -0.4 is 14.8 Å². The Kier molecular flexibility index (Phi) is 5.89. The van der Waals surface area contributed by atoms with Crippen LogP contribution in [0.15, 0.2) is 60.8 Å². The summed E-state index contributed by atoms with van der Waals surface area (Å²) < 4.78 is 11.5. The smallest absolute Gasteiger partial charge is 0.227 e. The number of para-hydroxylation sites is 1. The molecule has 1 atom stereocenters. The van der Waals surface area contributed by atoms with E-state index < -0.39 is 0 Å². The fourth-order valence-corrected chi connectivity index (χ4v) is 6.13. The number of aromatic nitrogens is 2. The van der Waals surface area contributed by atoms with Crippen molar-refractivity contribution in [2.24, 2.45) is 0 Å². The number of rotatable bonds is 4. The predicted molar refractivity (Wildman–Crippen MR) is 147 cm³/mol. The number of aryl methyl sites for hydroxylation is 2. The number of fused-ring (bicyclic) bond motifs is 3. The molecule has 1 aliphatic carbocycles. The van der Waals surface area contributed by atoms with E-state index >= 15 is 0 Å². The highest BCUT2D eigenvalue weighted by Crippen LogP contribution is 2.37. The van der Waals surface area contributed by atoms with Crippen molar-refractivity contribution in [3.05, 3.63) is 71.9 Å². The van der Waals surface area contributed by atoms with Crippen molar-refractivity contribution in [1.82, 2.24) is 14.9 Å². The molecule has 0 unspecified atom stereocenters. The summed E-state index contributed by atoms with van der Waals surface area (Å²) in [6.07, 6.45) is 9.45.